The van der Waals surface area contributed by atoms with Gasteiger partial charge in [0.2, 0.25) is 0 Å². The molecule has 0 saturated carbocycles. The highest BCUT2D eigenvalue weighted by atomic mass is 16.5. The Morgan fingerprint density at radius 3 is 1.60 bits per heavy atom. The summed E-state index contributed by atoms with van der Waals surface area (Å²) in [5.74, 6) is -0.833. The van der Waals surface area contributed by atoms with Gasteiger partial charge in [0, 0.05) is 21.1 Å². The minimum Gasteiger partial charge on any atom is -0.481 e. The number of hydrogen-bond acceptors (Lipinski definition) is 3. The van der Waals surface area contributed by atoms with Crippen molar-refractivity contribution in [1.82, 2.24) is 0 Å². The molecule has 0 radical (unpaired) electrons. The van der Waals surface area contributed by atoms with Crippen LogP contribution in [0.1, 0.15) is 6.92 Å². The summed E-state index contributed by atoms with van der Waals surface area (Å²) >= 11 is 0. The molecule has 0 heterocycles. The number of methoxy groups -OCH3 is 2. The molecular formula is C6H14O4. The van der Waals surface area contributed by atoms with Crippen LogP contribution in [0.5, 0.6) is 0 Å². The highest BCUT2D eigenvalue weighted by Gasteiger charge is 1.73. The lowest BCUT2D eigenvalue weighted by Gasteiger charge is -1.91. The number of aliphatic carboxylic acids is 1. The maximum Gasteiger partial charge on any atom is 0.300 e. The van der Waals surface area contributed by atoms with Gasteiger partial charge in [0.25, 0.3) is 5.97 Å². The van der Waals surface area contributed by atoms with Gasteiger partial charge in [0.05, 0.1) is 13.2 Å². The smallest absolute Gasteiger partial charge is 0.300 e. The first-order chi connectivity index (χ1) is 4.65. The molecule has 0 unspecified atom stereocenters. The second-order valence-electron chi connectivity index (χ2n) is 1.50. The average molecular weight is 150 g/mol. The molecule has 0 aliphatic rings. The molecule has 4 nitrogen and oxygen atoms in total. The van der Waals surface area contributed by atoms with Gasteiger partial charge in [-0.1, -0.05) is 0 Å². The van der Waals surface area contributed by atoms with Gasteiger partial charge in [0.1, 0.15) is 0 Å². The van der Waals surface area contributed by atoms with Crippen molar-refractivity contribution < 1.29 is 19.4 Å². The molecular weight excluding hydrogens is 136 g/mol. The Balaban J connectivity index is 0. The van der Waals surface area contributed by atoms with Crippen molar-refractivity contribution in [2.75, 3.05) is 27.4 Å². The van der Waals surface area contributed by atoms with Crippen molar-refractivity contribution in [3.8, 4) is 0 Å². The molecule has 0 aromatic carbocycles. The topological polar surface area (TPSA) is 55.8 Å². The van der Waals surface area contributed by atoms with Gasteiger partial charge in [-0.2, -0.15) is 0 Å². The number of carbonyl (C=O) groups is 1. The number of rotatable bonds is 3. The molecule has 62 valence electrons. The monoisotopic (exact) mass is 150 g/mol. The zero-order valence-electron chi connectivity index (χ0n) is 6.59. The Kier molecular flexibility index (Phi) is 13.6. The van der Waals surface area contributed by atoms with Crippen LogP contribution in [0.2, 0.25) is 0 Å². The Hall–Kier alpha value is -0.610. The highest BCUT2D eigenvalue weighted by molar-refractivity contribution is 5.62. The predicted octanol–water partition coefficient (Wildman–Crippen LogP) is 0.370. The van der Waals surface area contributed by atoms with Crippen molar-refractivity contribution in [3.05, 3.63) is 0 Å². The Morgan fingerprint density at radius 2 is 1.50 bits per heavy atom. The van der Waals surface area contributed by atoms with E-state index in [2.05, 4.69) is 9.47 Å². The fourth-order valence-corrected chi connectivity index (χ4v) is 0.167. The van der Waals surface area contributed by atoms with E-state index in [0.717, 1.165) is 6.92 Å². The van der Waals surface area contributed by atoms with Gasteiger partial charge < -0.3 is 14.6 Å². The van der Waals surface area contributed by atoms with Crippen molar-refractivity contribution in [3.63, 3.8) is 0 Å². The molecule has 4 heteroatoms. The molecule has 0 saturated heterocycles. The maximum absolute atomic E-state index is 9.00. The van der Waals surface area contributed by atoms with Crippen LogP contribution in [0, 0.1) is 0 Å². The average Bonchev–Trinajstić information content (AvgIpc) is 1.82. The molecule has 0 aromatic rings. The molecule has 0 amide bonds. The molecule has 1 N–H and O–H groups in total. The van der Waals surface area contributed by atoms with Crippen molar-refractivity contribution >= 4 is 5.97 Å². The number of carboxylic acids is 1. The number of carboxylic acid groups (broad SMARTS) is 1. The van der Waals surface area contributed by atoms with E-state index < -0.39 is 5.97 Å². The SMILES string of the molecule is CC(=O)O.COCCOC. The van der Waals surface area contributed by atoms with Gasteiger partial charge in [-0.3, -0.25) is 4.79 Å². The summed E-state index contributed by atoms with van der Waals surface area (Å²) in [5.41, 5.74) is 0. The van der Waals surface area contributed by atoms with E-state index in [1.807, 2.05) is 0 Å². The van der Waals surface area contributed by atoms with Gasteiger partial charge in [0.15, 0.2) is 0 Å². The van der Waals surface area contributed by atoms with Crippen molar-refractivity contribution in [1.29, 1.82) is 0 Å². The second-order valence-corrected chi connectivity index (χ2v) is 1.50. The van der Waals surface area contributed by atoms with Crippen LogP contribution in [-0.2, 0) is 14.3 Å². The normalized spacial score (nSPS) is 7.90. The molecule has 0 bridgehead atoms. The zero-order chi connectivity index (χ0) is 8.41. The van der Waals surface area contributed by atoms with E-state index >= 15 is 0 Å². The highest BCUT2D eigenvalue weighted by Crippen LogP contribution is 1.65. The van der Waals surface area contributed by atoms with E-state index in [0.29, 0.717) is 13.2 Å². The minimum absolute atomic E-state index is 0.691. The zero-order valence-corrected chi connectivity index (χ0v) is 6.59. The predicted molar refractivity (Wildman–Crippen MR) is 37.1 cm³/mol. The van der Waals surface area contributed by atoms with E-state index in [4.69, 9.17) is 9.90 Å². The summed E-state index contributed by atoms with van der Waals surface area (Å²) in [5, 5.41) is 7.42. The molecule has 0 aliphatic heterocycles. The summed E-state index contributed by atoms with van der Waals surface area (Å²) in [6, 6.07) is 0. The third kappa shape index (κ3) is 52.8. The van der Waals surface area contributed by atoms with Crippen LogP contribution in [-0.4, -0.2) is 38.5 Å². The molecule has 0 rings (SSSR count). The molecule has 0 spiro atoms. The number of ether oxygens (including phenoxy) is 2. The van der Waals surface area contributed by atoms with Gasteiger partial charge in [-0.25, -0.2) is 0 Å². The fraction of sp³-hybridized carbons (Fsp3) is 0.833. The maximum atomic E-state index is 9.00. The van der Waals surface area contributed by atoms with Crippen LogP contribution in [0.4, 0.5) is 0 Å². The van der Waals surface area contributed by atoms with Crippen LogP contribution < -0.4 is 0 Å². The lowest BCUT2D eigenvalue weighted by atomic mass is 10.8. The third-order valence-electron chi connectivity index (χ3n) is 0.492. The van der Waals surface area contributed by atoms with E-state index in [1.54, 1.807) is 14.2 Å². The first kappa shape index (κ1) is 12.1. The minimum atomic E-state index is -0.833. The summed E-state index contributed by atoms with van der Waals surface area (Å²) in [6.07, 6.45) is 0. The van der Waals surface area contributed by atoms with Crippen molar-refractivity contribution in [2.24, 2.45) is 0 Å². The van der Waals surface area contributed by atoms with E-state index in [9.17, 15) is 0 Å². The van der Waals surface area contributed by atoms with E-state index in [1.165, 1.54) is 0 Å². The first-order valence-electron chi connectivity index (χ1n) is 2.82. The number of hydrogen-bond donors (Lipinski definition) is 1. The van der Waals surface area contributed by atoms with Gasteiger partial charge in [-0.05, 0) is 0 Å². The van der Waals surface area contributed by atoms with Crippen molar-refractivity contribution in [2.45, 2.75) is 6.92 Å². The second kappa shape index (κ2) is 11.2. The summed E-state index contributed by atoms with van der Waals surface area (Å²) in [6.45, 7) is 2.47. The molecule has 0 aliphatic carbocycles. The van der Waals surface area contributed by atoms with Crippen LogP contribution in [0.3, 0.4) is 0 Å². The fourth-order valence-electron chi connectivity index (χ4n) is 0.167. The largest absolute Gasteiger partial charge is 0.481 e. The third-order valence-corrected chi connectivity index (χ3v) is 0.492. The summed E-state index contributed by atoms with van der Waals surface area (Å²) in [4.78, 5) is 9.00. The molecule has 10 heavy (non-hydrogen) atoms. The summed E-state index contributed by atoms with van der Waals surface area (Å²) < 4.78 is 9.31. The summed E-state index contributed by atoms with van der Waals surface area (Å²) in [7, 11) is 3.30. The quantitative estimate of drug-likeness (QED) is 0.590. The lowest BCUT2D eigenvalue weighted by molar-refractivity contribution is -0.134. The first-order valence-corrected chi connectivity index (χ1v) is 2.82. The Bertz CT molecular complexity index is 64.1. The lowest BCUT2D eigenvalue weighted by Crippen LogP contribution is -1.96. The standard InChI is InChI=1S/C4H10O2.C2H4O2/c1-5-3-4-6-2;1-2(3)4/h3-4H2,1-2H3;1H3,(H,3,4). The van der Waals surface area contributed by atoms with Gasteiger partial charge >= 0.3 is 0 Å². The van der Waals surface area contributed by atoms with Gasteiger partial charge in [-0.15, -0.1) is 0 Å². The van der Waals surface area contributed by atoms with Crippen LogP contribution in [0.25, 0.3) is 0 Å². The van der Waals surface area contributed by atoms with Crippen LogP contribution in [0.15, 0.2) is 0 Å². The Labute approximate surface area is 60.8 Å². The molecule has 0 atom stereocenters. The van der Waals surface area contributed by atoms with Crippen LogP contribution >= 0.6 is 0 Å². The molecule has 0 aromatic heterocycles. The van der Waals surface area contributed by atoms with E-state index in [-0.39, 0.29) is 0 Å². The molecule has 0 fully saturated rings. The Morgan fingerprint density at radius 1 is 1.30 bits per heavy atom.